The van der Waals surface area contributed by atoms with Crippen molar-refractivity contribution >= 4 is 17.2 Å². The Morgan fingerprint density at radius 2 is 2.35 bits per heavy atom. The van der Waals surface area contributed by atoms with Crippen molar-refractivity contribution in [3.63, 3.8) is 0 Å². The van der Waals surface area contributed by atoms with Crippen LogP contribution in [0.3, 0.4) is 0 Å². The zero-order valence-electron chi connectivity index (χ0n) is 9.99. The van der Waals surface area contributed by atoms with Crippen LogP contribution >= 0.6 is 11.3 Å². The maximum absolute atomic E-state index is 11.8. The van der Waals surface area contributed by atoms with Crippen molar-refractivity contribution in [1.29, 1.82) is 0 Å². The molecule has 1 aromatic rings. The van der Waals surface area contributed by atoms with Gasteiger partial charge < -0.3 is 15.4 Å². The molecule has 5 heteroatoms. The van der Waals surface area contributed by atoms with Crippen LogP contribution in [0.15, 0.2) is 11.4 Å². The van der Waals surface area contributed by atoms with Gasteiger partial charge in [-0.3, -0.25) is 4.79 Å². The smallest absolute Gasteiger partial charge is 0.265 e. The van der Waals surface area contributed by atoms with Gasteiger partial charge in [0.25, 0.3) is 5.91 Å². The molecule has 0 aliphatic heterocycles. The van der Waals surface area contributed by atoms with Gasteiger partial charge in [0.15, 0.2) is 0 Å². The summed E-state index contributed by atoms with van der Waals surface area (Å²) in [5.74, 6) is 0.617. The van der Waals surface area contributed by atoms with Crippen LogP contribution in [0.1, 0.15) is 28.9 Å². The number of methoxy groups -OCH3 is 1. The van der Waals surface area contributed by atoms with Crippen molar-refractivity contribution in [2.24, 2.45) is 0 Å². The molecule has 0 saturated heterocycles. The predicted octanol–water partition coefficient (Wildman–Crippen LogP) is 1.63. The van der Waals surface area contributed by atoms with Gasteiger partial charge in [0.2, 0.25) is 0 Å². The maximum atomic E-state index is 11.8. The van der Waals surface area contributed by atoms with Crippen molar-refractivity contribution in [3.05, 3.63) is 16.3 Å². The van der Waals surface area contributed by atoms with E-state index >= 15 is 0 Å². The molecule has 1 aliphatic carbocycles. The van der Waals surface area contributed by atoms with Gasteiger partial charge in [0.05, 0.1) is 7.11 Å². The summed E-state index contributed by atoms with van der Waals surface area (Å²) < 4.78 is 5.11. The number of carbonyl (C=O) groups excluding carboxylic acids is 1. The molecular formula is C12H18N2O2S. The van der Waals surface area contributed by atoms with Crippen LogP contribution in [0.4, 0.5) is 0 Å². The van der Waals surface area contributed by atoms with Gasteiger partial charge in [-0.2, -0.15) is 0 Å². The Morgan fingerprint density at radius 3 is 3.06 bits per heavy atom. The average Bonchev–Trinajstić information content (AvgIpc) is 3.03. The molecule has 1 saturated carbocycles. The first-order chi connectivity index (χ1) is 8.31. The molecule has 1 aromatic heterocycles. The van der Waals surface area contributed by atoms with Gasteiger partial charge in [-0.15, -0.1) is 11.3 Å². The highest BCUT2D eigenvalue weighted by atomic mass is 32.1. The van der Waals surface area contributed by atoms with Gasteiger partial charge in [0.1, 0.15) is 10.6 Å². The minimum atomic E-state index is -0.0386. The molecule has 1 fully saturated rings. The van der Waals surface area contributed by atoms with Crippen molar-refractivity contribution in [1.82, 2.24) is 10.6 Å². The summed E-state index contributed by atoms with van der Waals surface area (Å²) in [6.45, 7) is 1.69. The molecule has 17 heavy (non-hydrogen) atoms. The molecule has 2 N–H and O–H groups in total. The highest BCUT2D eigenvalue weighted by Gasteiger charge is 2.19. The lowest BCUT2D eigenvalue weighted by Crippen LogP contribution is -2.27. The third-order valence-electron chi connectivity index (χ3n) is 2.70. The molecule has 0 atom stereocenters. The second-order valence-corrected chi connectivity index (χ2v) is 5.07. The normalized spacial score (nSPS) is 14.6. The Bertz CT molecular complexity index is 374. The fraction of sp³-hybridized carbons (Fsp3) is 0.583. The Labute approximate surface area is 105 Å². The molecule has 1 amide bonds. The van der Waals surface area contributed by atoms with E-state index in [0.29, 0.717) is 17.2 Å². The minimum Gasteiger partial charge on any atom is -0.495 e. The summed E-state index contributed by atoms with van der Waals surface area (Å²) >= 11 is 1.41. The quantitative estimate of drug-likeness (QED) is 0.727. The van der Waals surface area contributed by atoms with Crippen LogP contribution in [0, 0.1) is 0 Å². The summed E-state index contributed by atoms with van der Waals surface area (Å²) in [6, 6.07) is 2.55. The zero-order chi connectivity index (χ0) is 12.1. The van der Waals surface area contributed by atoms with Crippen LogP contribution in [0.5, 0.6) is 5.75 Å². The molecule has 1 aliphatic rings. The van der Waals surface area contributed by atoms with E-state index in [1.165, 1.54) is 24.2 Å². The van der Waals surface area contributed by atoms with E-state index in [9.17, 15) is 4.79 Å². The number of carbonyl (C=O) groups is 1. The molecule has 1 heterocycles. The molecule has 94 valence electrons. The fourth-order valence-corrected chi connectivity index (χ4v) is 2.36. The Hall–Kier alpha value is -1.07. The predicted molar refractivity (Wildman–Crippen MR) is 68.8 cm³/mol. The highest BCUT2D eigenvalue weighted by molar-refractivity contribution is 7.12. The van der Waals surface area contributed by atoms with Crippen LogP contribution in [0.2, 0.25) is 0 Å². The van der Waals surface area contributed by atoms with E-state index in [2.05, 4.69) is 10.6 Å². The van der Waals surface area contributed by atoms with E-state index in [0.717, 1.165) is 19.0 Å². The number of thiophene rings is 1. The van der Waals surface area contributed by atoms with Crippen LogP contribution < -0.4 is 15.4 Å². The van der Waals surface area contributed by atoms with E-state index in [1.807, 2.05) is 11.4 Å². The largest absolute Gasteiger partial charge is 0.495 e. The Morgan fingerprint density at radius 1 is 1.53 bits per heavy atom. The molecular weight excluding hydrogens is 236 g/mol. The molecule has 4 nitrogen and oxygen atoms in total. The summed E-state index contributed by atoms with van der Waals surface area (Å²) in [4.78, 5) is 12.4. The SMILES string of the molecule is COc1ccsc1C(=O)NCCCNC1CC1. The first-order valence-corrected chi connectivity index (χ1v) is 6.82. The second kappa shape index (κ2) is 6.02. The lowest BCUT2D eigenvalue weighted by atomic mass is 10.3. The summed E-state index contributed by atoms with van der Waals surface area (Å²) in [7, 11) is 1.58. The van der Waals surface area contributed by atoms with Gasteiger partial charge >= 0.3 is 0 Å². The average molecular weight is 254 g/mol. The first-order valence-electron chi connectivity index (χ1n) is 5.94. The van der Waals surface area contributed by atoms with Crippen molar-refractivity contribution < 1.29 is 9.53 Å². The van der Waals surface area contributed by atoms with E-state index in [4.69, 9.17) is 4.74 Å². The van der Waals surface area contributed by atoms with Gasteiger partial charge in [-0.1, -0.05) is 0 Å². The standard InChI is InChI=1S/C12H18N2O2S/c1-16-10-5-8-17-11(10)12(15)14-7-2-6-13-9-3-4-9/h5,8-9,13H,2-4,6-7H2,1H3,(H,14,15). The third-order valence-corrected chi connectivity index (χ3v) is 3.60. The van der Waals surface area contributed by atoms with Crippen LogP contribution in [0.25, 0.3) is 0 Å². The Balaban J connectivity index is 1.65. The summed E-state index contributed by atoms with van der Waals surface area (Å²) in [5, 5.41) is 8.18. The number of nitrogens with one attached hydrogen (secondary N) is 2. The number of hydrogen-bond donors (Lipinski definition) is 2. The molecule has 0 radical (unpaired) electrons. The maximum Gasteiger partial charge on any atom is 0.265 e. The molecule has 2 rings (SSSR count). The number of rotatable bonds is 7. The Kier molecular flexibility index (Phi) is 4.39. The van der Waals surface area contributed by atoms with Crippen molar-refractivity contribution in [2.75, 3.05) is 20.2 Å². The molecule has 0 aromatic carbocycles. The van der Waals surface area contributed by atoms with Gasteiger partial charge in [-0.05, 0) is 37.3 Å². The number of hydrogen-bond acceptors (Lipinski definition) is 4. The monoisotopic (exact) mass is 254 g/mol. The molecule has 0 spiro atoms. The van der Waals surface area contributed by atoms with Gasteiger partial charge in [0, 0.05) is 12.6 Å². The fourth-order valence-electron chi connectivity index (χ4n) is 1.59. The van der Waals surface area contributed by atoms with E-state index in [1.54, 1.807) is 7.11 Å². The van der Waals surface area contributed by atoms with Crippen molar-refractivity contribution in [3.8, 4) is 5.75 Å². The van der Waals surface area contributed by atoms with Crippen LogP contribution in [-0.4, -0.2) is 32.1 Å². The first kappa shape index (κ1) is 12.4. The molecule has 0 unspecified atom stereocenters. The lowest BCUT2D eigenvalue weighted by Gasteiger charge is -2.06. The second-order valence-electron chi connectivity index (χ2n) is 4.16. The zero-order valence-corrected chi connectivity index (χ0v) is 10.8. The highest BCUT2D eigenvalue weighted by Crippen LogP contribution is 2.23. The lowest BCUT2D eigenvalue weighted by molar-refractivity contribution is 0.0954. The van der Waals surface area contributed by atoms with Crippen molar-refractivity contribution in [2.45, 2.75) is 25.3 Å². The topological polar surface area (TPSA) is 50.4 Å². The third kappa shape index (κ3) is 3.71. The molecule has 0 bridgehead atoms. The summed E-state index contributed by atoms with van der Waals surface area (Å²) in [5.41, 5.74) is 0. The van der Waals surface area contributed by atoms with E-state index < -0.39 is 0 Å². The minimum absolute atomic E-state index is 0.0386. The van der Waals surface area contributed by atoms with Crippen LogP contribution in [-0.2, 0) is 0 Å². The van der Waals surface area contributed by atoms with E-state index in [-0.39, 0.29) is 5.91 Å². The number of amides is 1. The number of ether oxygens (including phenoxy) is 1. The van der Waals surface area contributed by atoms with Gasteiger partial charge in [-0.25, -0.2) is 0 Å². The summed E-state index contributed by atoms with van der Waals surface area (Å²) in [6.07, 6.45) is 3.58.